The van der Waals surface area contributed by atoms with E-state index >= 15 is 0 Å². The minimum Gasteiger partial charge on any atom is -0.465 e. The lowest BCUT2D eigenvalue weighted by atomic mass is 9.98. The monoisotopic (exact) mass is 326 g/mol. The summed E-state index contributed by atoms with van der Waals surface area (Å²) in [7, 11) is 0. The Morgan fingerprint density at radius 2 is 2.27 bits per heavy atom. The molecule has 1 saturated heterocycles. The van der Waals surface area contributed by atoms with E-state index in [1.165, 1.54) is 0 Å². The fraction of sp³-hybridized carbons (Fsp3) is 0.800. The Kier molecular flexibility index (Phi) is 3.97. The van der Waals surface area contributed by atoms with Crippen molar-refractivity contribution >= 4 is 34.5 Å². The van der Waals surface area contributed by atoms with Crippen LogP contribution in [0.1, 0.15) is 27.2 Å². The lowest BCUT2D eigenvalue weighted by molar-refractivity contribution is -0.156. The van der Waals surface area contributed by atoms with Gasteiger partial charge in [0.1, 0.15) is 6.10 Å². The number of esters is 2. The second kappa shape index (κ2) is 4.67. The molecule has 2 atom stereocenters. The zero-order valence-corrected chi connectivity index (χ0v) is 11.2. The van der Waals surface area contributed by atoms with E-state index in [0.717, 1.165) is 0 Å². The van der Waals surface area contributed by atoms with Crippen LogP contribution < -0.4 is 0 Å². The van der Waals surface area contributed by atoms with Crippen molar-refractivity contribution in [2.24, 2.45) is 5.92 Å². The fourth-order valence-corrected chi connectivity index (χ4v) is 1.82. The Labute approximate surface area is 103 Å². The zero-order chi connectivity index (χ0) is 11.6. The summed E-state index contributed by atoms with van der Waals surface area (Å²) in [6.45, 7) is 5.96. The van der Waals surface area contributed by atoms with Crippen LogP contribution in [0, 0.1) is 5.92 Å². The molecule has 4 nitrogen and oxygen atoms in total. The number of carbonyl (C=O) groups is 2. The SMILES string of the molecule is CCOC(=O)C1CC(C(C)(C)I)OC1=O. The first-order valence-electron chi connectivity index (χ1n) is 4.92. The van der Waals surface area contributed by atoms with E-state index in [-0.39, 0.29) is 9.53 Å². The van der Waals surface area contributed by atoms with Gasteiger partial charge in [-0.25, -0.2) is 0 Å². The van der Waals surface area contributed by atoms with Gasteiger partial charge in [-0.05, 0) is 20.8 Å². The van der Waals surface area contributed by atoms with Crippen LogP contribution in [-0.4, -0.2) is 28.1 Å². The first kappa shape index (κ1) is 12.7. The molecule has 5 heteroatoms. The first-order valence-corrected chi connectivity index (χ1v) is 6.00. The molecule has 0 aromatic carbocycles. The molecule has 0 bridgehead atoms. The number of alkyl halides is 1. The number of rotatable bonds is 3. The molecule has 0 amide bonds. The van der Waals surface area contributed by atoms with Crippen molar-refractivity contribution in [2.45, 2.75) is 36.7 Å². The molecule has 1 aliphatic rings. The van der Waals surface area contributed by atoms with Crippen LogP contribution in [0.3, 0.4) is 0 Å². The number of cyclic esters (lactones) is 1. The second-order valence-corrected chi connectivity index (χ2v) is 6.81. The average Bonchev–Trinajstić information content (AvgIpc) is 2.47. The summed E-state index contributed by atoms with van der Waals surface area (Å²) < 4.78 is 9.82. The molecule has 1 aliphatic heterocycles. The van der Waals surface area contributed by atoms with Gasteiger partial charge in [0.25, 0.3) is 0 Å². The maximum absolute atomic E-state index is 11.4. The van der Waals surface area contributed by atoms with Crippen molar-refractivity contribution < 1.29 is 19.1 Å². The maximum atomic E-state index is 11.4. The predicted octanol–water partition coefficient (Wildman–Crippen LogP) is 1.69. The molecule has 0 aromatic heterocycles. The van der Waals surface area contributed by atoms with Gasteiger partial charge in [0.05, 0.1) is 10.0 Å². The highest BCUT2D eigenvalue weighted by molar-refractivity contribution is 14.1. The Balaban J connectivity index is 2.65. The standard InChI is InChI=1S/C10H15IO4/c1-4-14-8(12)6-5-7(10(2,3)11)15-9(6)13/h6-7H,4-5H2,1-3H3. The van der Waals surface area contributed by atoms with Gasteiger partial charge in [0, 0.05) is 6.42 Å². The average molecular weight is 326 g/mol. The third kappa shape index (κ3) is 3.06. The van der Waals surface area contributed by atoms with Gasteiger partial charge >= 0.3 is 11.9 Å². The summed E-state index contributed by atoms with van der Waals surface area (Å²) in [5.74, 6) is -1.65. The molecule has 0 radical (unpaired) electrons. The van der Waals surface area contributed by atoms with Crippen molar-refractivity contribution in [3.05, 3.63) is 0 Å². The highest BCUT2D eigenvalue weighted by atomic mass is 127. The molecule has 15 heavy (non-hydrogen) atoms. The van der Waals surface area contributed by atoms with Gasteiger partial charge in [-0.1, -0.05) is 22.6 Å². The molecule has 0 aromatic rings. The minimum atomic E-state index is -0.732. The number of carbonyl (C=O) groups excluding carboxylic acids is 2. The molecule has 86 valence electrons. The summed E-state index contributed by atoms with van der Waals surface area (Å²) >= 11 is 2.21. The van der Waals surface area contributed by atoms with Crippen LogP contribution in [0.4, 0.5) is 0 Å². The molecule has 0 spiro atoms. The van der Waals surface area contributed by atoms with Crippen LogP contribution in [0.2, 0.25) is 0 Å². The van der Waals surface area contributed by atoms with E-state index in [1.54, 1.807) is 6.92 Å². The normalized spacial score (nSPS) is 26.3. The smallest absolute Gasteiger partial charge is 0.320 e. The van der Waals surface area contributed by atoms with E-state index in [4.69, 9.17) is 9.47 Å². The molecule has 0 N–H and O–H groups in total. The summed E-state index contributed by atoms with van der Waals surface area (Å²) in [5.41, 5.74) is 0. The van der Waals surface area contributed by atoms with Crippen LogP contribution >= 0.6 is 22.6 Å². The van der Waals surface area contributed by atoms with Crippen molar-refractivity contribution in [3.63, 3.8) is 0 Å². The van der Waals surface area contributed by atoms with Crippen molar-refractivity contribution in [1.82, 2.24) is 0 Å². The largest absolute Gasteiger partial charge is 0.465 e. The Morgan fingerprint density at radius 1 is 1.67 bits per heavy atom. The molecular weight excluding hydrogens is 311 g/mol. The molecule has 1 rings (SSSR count). The van der Waals surface area contributed by atoms with E-state index in [1.807, 2.05) is 13.8 Å². The second-order valence-electron chi connectivity index (χ2n) is 4.03. The fourth-order valence-electron chi connectivity index (χ4n) is 1.44. The van der Waals surface area contributed by atoms with Gasteiger partial charge in [-0.2, -0.15) is 0 Å². The molecule has 2 unspecified atom stereocenters. The van der Waals surface area contributed by atoms with Crippen molar-refractivity contribution in [2.75, 3.05) is 6.61 Å². The van der Waals surface area contributed by atoms with Crippen LogP contribution in [-0.2, 0) is 19.1 Å². The van der Waals surface area contributed by atoms with Crippen LogP contribution in [0.15, 0.2) is 0 Å². The Bertz CT molecular complexity index is 269. The molecule has 1 heterocycles. The minimum absolute atomic E-state index is 0.158. The zero-order valence-electron chi connectivity index (χ0n) is 9.08. The van der Waals surface area contributed by atoms with Gasteiger partial charge in [0.15, 0.2) is 5.92 Å². The Morgan fingerprint density at radius 3 is 2.67 bits per heavy atom. The maximum Gasteiger partial charge on any atom is 0.320 e. The quantitative estimate of drug-likeness (QED) is 0.343. The first-order chi connectivity index (χ1) is 6.86. The van der Waals surface area contributed by atoms with E-state index in [0.29, 0.717) is 13.0 Å². The third-order valence-electron chi connectivity index (χ3n) is 2.33. The molecule has 0 saturated carbocycles. The summed E-state index contributed by atoms with van der Waals surface area (Å²) in [4.78, 5) is 22.8. The highest BCUT2D eigenvalue weighted by Gasteiger charge is 2.45. The molecule has 1 fully saturated rings. The lowest BCUT2D eigenvalue weighted by Gasteiger charge is -2.22. The van der Waals surface area contributed by atoms with Crippen molar-refractivity contribution in [1.29, 1.82) is 0 Å². The number of halogens is 1. The van der Waals surface area contributed by atoms with Gasteiger partial charge in [-0.15, -0.1) is 0 Å². The summed E-state index contributed by atoms with van der Waals surface area (Å²) in [6.07, 6.45) is 0.216. The van der Waals surface area contributed by atoms with Gasteiger partial charge in [0.2, 0.25) is 0 Å². The lowest BCUT2D eigenvalue weighted by Crippen LogP contribution is -2.29. The molecule has 0 aliphatic carbocycles. The summed E-state index contributed by atoms with van der Waals surface area (Å²) in [6, 6.07) is 0. The molecular formula is C10H15IO4. The van der Waals surface area contributed by atoms with Gasteiger partial charge in [-0.3, -0.25) is 9.59 Å². The Hall–Kier alpha value is -0.330. The topological polar surface area (TPSA) is 52.6 Å². The van der Waals surface area contributed by atoms with Crippen molar-refractivity contribution in [3.8, 4) is 0 Å². The summed E-state index contributed by atoms with van der Waals surface area (Å²) in [5, 5.41) is 0. The number of hydrogen-bond acceptors (Lipinski definition) is 4. The van der Waals surface area contributed by atoms with Crippen LogP contribution in [0.5, 0.6) is 0 Å². The van der Waals surface area contributed by atoms with Gasteiger partial charge < -0.3 is 9.47 Å². The van der Waals surface area contributed by atoms with E-state index in [2.05, 4.69) is 22.6 Å². The van der Waals surface area contributed by atoms with Crippen LogP contribution in [0.25, 0.3) is 0 Å². The third-order valence-corrected chi connectivity index (χ3v) is 3.02. The van der Waals surface area contributed by atoms with E-state index < -0.39 is 17.9 Å². The predicted molar refractivity (Wildman–Crippen MR) is 62.7 cm³/mol. The number of ether oxygens (including phenoxy) is 2. The van der Waals surface area contributed by atoms with E-state index in [9.17, 15) is 9.59 Å². The number of hydrogen-bond donors (Lipinski definition) is 0. The highest BCUT2D eigenvalue weighted by Crippen LogP contribution is 2.34.